The van der Waals surface area contributed by atoms with Crippen LogP contribution in [0.1, 0.15) is 144 Å². The van der Waals surface area contributed by atoms with Gasteiger partial charge >= 0.3 is 0 Å². The molecule has 0 nitrogen and oxygen atoms in total. The fourth-order valence-corrected chi connectivity index (χ4v) is 3.28. The zero-order valence-electron chi connectivity index (χ0n) is 17.9. The maximum atomic E-state index is 14.8. The summed E-state index contributed by atoms with van der Waals surface area (Å²) < 4.78 is 14.8. The van der Waals surface area contributed by atoms with Crippen LogP contribution >= 0.6 is 0 Å². The summed E-state index contributed by atoms with van der Waals surface area (Å²) in [6.45, 7) is 10.5. The second kappa shape index (κ2) is 21.0. The third-order valence-electron chi connectivity index (χ3n) is 5.09. The Labute approximate surface area is 154 Å². The van der Waals surface area contributed by atoms with Gasteiger partial charge in [-0.05, 0) is 19.3 Å². The quantitative estimate of drug-likeness (QED) is 0.230. The van der Waals surface area contributed by atoms with Crippen molar-refractivity contribution in [2.75, 3.05) is 0 Å². The molecule has 0 saturated heterocycles. The molecule has 0 bridgehead atoms. The van der Waals surface area contributed by atoms with Crippen molar-refractivity contribution < 1.29 is 4.39 Å². The van der Waals surface area contributed by atoms with E-state index in [-0.39, 0.29) is 0 Å². The summed E-state index contributed by atoms with van der Waals surface area (Å²) in [6.07, 6.45) is 20.3. The highest BCUT2D eigenvalue weighted by Crippen LogP contribution is 2.30. The van der Waals surface area contributed by atoms with Crippen LogP contribution in [0.25, 0.3) is 0 Å². The van der Waals surface area contributed by atoms with E-state index in [9.17, 15) is 4.39 Å². The molecule has 0 aromatic heterocycles. The molecule has 0 spiro atoms. The number of alkyl halides is 1. The lowest BCUT2D eigenvalue weighted by Crippen LogP contribution is -2.21. The van der Waals surface area contributed by atoms with Crippen molar-refractivity contribution in [3.05, 3.63) is 0 Å². The van der Waals surface area contributed by atoms with Crippen LogP contribution in [0.15, 0.2) is 0 Å². The van der Waals surface area contributed by atoms with Crippen LogP contribution in [0, 0.1) is 0 Å². The highest BCUT2D eigenvalue weighted by molar-refractivity contribution is 4.77. The SMILES string of the molecule is CC.CCCCCCCCCC(F)(CC)CCCCCCCCC. The van der Waals surface area contributed by atoms with Gasteiger partial charge in [-0.2, -0.15) is 0 Å². The number of unbranched alkanes of at least 4 members (excludes halogenated alkanes) is 12. The van der Waals surface area contributed by atoms with Crippen LogP contribution in [0.2, 0.25) is 0 Å². The van der Waals surface area contributed by atoms with Crippen molar-refractivity contribution in [3.8, 4) is 0 Å². The minimum atomic E-state index is -0.868. The lowest BCUT2D eigenvalue weighted by atomic mass is 9.89. The molecule has 0 rings (SSSR count). The van der Waals surface area contributed by atoms with Gasteiger partial charge in [-0.25, -0.2) is 4.39 Å². The molecule has 0 amide bonds. The number of rotatable bonds is 17. The van der Waals surface area contributed by atoms with Crippen molar-refractivity contribution in [2.45, 2.75) is 149 Å². The van der Waals surface area contributed by atoms with E-state index in [4.69, 9.17) is 0 Å². The first-order chi connectivity index (χ1) is 11.7. The topological polar surface area (TPSA) is 0 Å². The molecule has 24 heavy (non-hydrogen) atoms. The van der Waals surface area contributed by atoms with Crippen LogP contribution in [-0.2, 0) is 0 Å². The summed E-state index contributed by atoms with van der Waals surface area (Å²) in [5.41, 5.74) is -0.868. The van der Waals surface area contributed by atoms with Crippen molar-refractivity contribution in [3.63, 3.8) is 0 Å². The molecule has 0 aliphatic carbocycles. The van der Waals surface area contributed by atoms with Gasteiger partial charge in [0.15, 0.2) is 0 Å². The van der Waals surface area contributed by atoms with E-state index >= 15 is 0 Å². The van der Waals surface area contributed by atoms with Crippen LogP contribution < -0.4 is 0 Å². The van der Waals surface area contributed by atoms with Gasteiger partial charge in [0.1, 0.15) is 5.67 Å². The fraction of sp³-hybridized carbons (Fsp3) is 1.00. The summed E-state index contributed by atoms with van der Waals surface area (Å²) in [7, 11) is 0. The van der Waals surface area contributed by atoms with Crippen molar-refractivity contribution in [2.24, 2.45) is 0 Å². The van der Waals surface area contributed by atoms with Gasteiger partial charge < -0.3 is 0 Å². The predicted molar refractivity (Wildman–Crippen MR) is 111 cm³/mol. The normalized spacial score (nSPS) is 11.2. The largest absolute Gasteiger partial charge is 0.244 e. The average Bonchev–Trinajstić information content (AvgIpc) is 2.62. The molecule has 0 aromatic carbocycles. The predicted octanol–water partition coefficient (Wildman–Crippen LogP) is 9.41. The Balaban J connectivity index is 0. The summed E-state index contributed by atoms with van der Waals surface area (Å²) in [5, 5.41) is 0. The summed E-state index contributed by atoms with van der Waals surface area (Å²) in [6, 6.07) is 0. The lowest BCUT2D eigenvalue weighted by Gasteiger charge is -2.24. The van der Waals surface area contributed by atoms with Crippen LogP contribution in [-0.4, -0.2) is 5.67 Å². The molecule has 0 atom stereocenters. The Morgan fingerprint density at radius 3 is 1.08 bits per heavy atom. The standard InChI is InChI=1S/C21H43F.C2H6/c1-4-7-9-11-13-15-17-19-21(22,6-3)20-18-16-14-12-10-8-5-2;1-2/h4-20H2,1-3H3;1-2H3. The van der Waals surface area contributed by atoms with Gasteiger partial charge in [0, 0.05) is 0 Å². The van der Waals surface area contributed by atoms with Crippen molar-refractivity contribution in [1.29, 1.82) is 0 Å². The summed E-state index contributed by atoms with van der Waals surface area (Å²) >= 11 is 0. The number of hydrogen-bond acceptors (Lipinski definition) is 0. The second-order valence-electron chi connectivity index (χ2n) is 7.25. The molecule has 0 N–H and O–H groups in total. The van der Waals surface area contributed by atoms with Gasteiger partial charge in [-0.1, -0.05) is 125 Å². The summed E-state index contributed by atoms with van der Waals surface area (Å²) in [4.78, 5) is 0. The fourth-order valence-electron chi connectivity index (χ4n) is 3.28. The van der Waals surface area contributed by atoms with E-state index in [1.165, 1.54) is 77.0 Å². The van der Waals surface area contributed by atoms with Gasteiger partial charge in [-0.3, -0.25) is 0 Å². The maximum absolute atomic E-state index is 14.8. The van der Waals surface area contributed by atoms with E-state index in [1.54, 1.807) is 0 Å². The minimum Gasteiger partial charge on any atom is -0.244 e. The Bertz CT molecular complexity index is 194. The van der Waals surface area contributed by atoms with Crippen molar-refractivity contribution in [1.82, 2.24) is 0 Å². The van der Waals surface area contributed by atoms with E-state index < -0.39 is 5.67 Å². The molecular weight excluding hydrogens is 295 g/mol. The zero-order valence-corrected chi connectivity index (χ0v) is 17.9. The smallest absolute Gasteiger partial charge is 0.110 e. The monoisotopic (exact) mass is 344 g/mol. The molecule has 0 heterocycles. The molecule has 0 aliphatic heterocycles. The van der Waals surface area contributed by atoms with Gasteiger partial charge in [0.2, 0.25) is 0 Å². The van der Waals surface area contributed by atoms with Crippen LogP contribution in [0.3, 0.4) is 0 Å². The van der Waals surface area contributed by atoms with Crippen molar-refractivity contribution >= 4 is 0 Å². The van der Waals surface area contributed by atoms with E-state index in [2.05, 4.69) is 13.8 Å². The van der Waals surface area contributed by atoms with Crippen LogP contribution in [0.5, 0.6) is 0 Å². The summed E-state index contributed by atoms with van der Waals surface area (Å²) in [5.74, 6) is 0. The molecule has 1 heteroatoms. The Hall–Kier alpha value is -0.0700. The van der Waals surface area contributed by atoms with Gasteiger partial charge in [-0.15, -0.1) is 0 Å². The molecule has 0 saturated carbocycles. The molecule has 0 fully saturated rings. The second-order valence-corrected chi connectivity index (χ2v) is 7.25. The molecule has 148 valence electrons. The van der Waals surface area contributed by atoms with E-state index in [1.807, 2.05) is 20.8 Å². The third-order valence-corrected chi connectivity index (χ3v) is 5.09. The van der Waals surface area contributed by atoms with Gasteiger partial charge in [0.25, 0.3) is 0 Å². The van der Waals surface area contributed by atoms with E-state index in [0.717, 1.165) is 25.7 Å². The minimum absolute atomic E-state index is 0.707. The first-order valence-electron chi connectivity index (χ1n) is 11.4. The Kier molecular flexibility index (Phi) is 22.9. The Morgan fingerprint density at radius 1 is 0.500 bits per heavy atom. The maximum Gasteiger partial charge on any atom is 0.110 e. The molecular formula is C23H49F. The Morgan fingerprint density at radius 2 is 0.792 bits per heavy atom. The molecule has 0 aliphatic rings. The number of hydrogen-bond donors (Lipinski definition) is 0. The first-order valence-corrected chi connectivity index (χ1v) is 11.4. The lowest BCUT2D eigenvalue weighted by molar-refractivity contribution is 0.122. The average molecular weight is 345 g/mol. The van der Waals surface area contributed by atoms with Gasteiger partial charge in [0.05, 0.1) is 0 Å². The number of halogens is 1. The van der Waals surface area contributed by atoms with Crippen LogP contribution in [0.4, 0.5) is 4.39 Å². The molecule has 0 aromatic rings. The highest BCUT2D eigenvalue weighted by atomic mass is 19.1. The third kappa shape index (κ3) is 18.3. The first kappa shape index (κ1) is 26.2. The molecule has 0 unspecified atom stereocenters. The molecule has 0 radical (unpaired) electrons. The highest BCUT2D eigenvalue weighted by Gasteiger charge is 2.25. The zero-order chi connectivity index (χ0) is 18.5. The van der Waals surface area contributed by atoms with E-state index in [0.29, 0.717) is 6.42 Å².